The number of nitrogens with one attached hydrogen (secondary N) is 3. The Kier molecular flexibility index (Phi) is 11.8. The van der Waals surface area contributed by atoms with Gasteiger partial charge in [-0.3, -0.25) is 14.8 Å². The summed E-state index contributed by atoms with van der Waals surface area (Å²) in [5.74, 6) is 0.723. The van der Waals surface area contributed by atoms with Crippen molar-refractivity contribution in [3.05, 3.63) is 66.0 Å². The number of rotatable bonds is 9. The van der Waals surface area contributed by atoms with Gasteiger partial charge in [-0.15, -0.1) is 24.0 Å². The fourth-order valence-electron chi connectivity index (χ4n) is 2.35. The van der Waals surface area contributed by atoms with Crippen molar-refractivity contribution in [1.82, 2.24) is 20.9 Å². The summed E-state index contributed by atoms with van der Waals surface area (Å²) in [5.41, 5.74) is 2.13. The summed E-state index contributed by atoms with van der Waals surface area (Å²) in [6.07, 6.45) is 2.98. The van der Waals surface area contributed by atoms with Gasteiger partial charge in [0.25, 0.3) is 0 Å². The molecule has 0 atom stereocenters. The van der Waals surface area contributed by atoms with E-state index in [1.807, 2.05) is 55.5 Å². The summed E-state index contributed by atoms with van der Waals surface area (Å²) in [6.45, 7) is 4.52. The van der Waals surface area contributed by atoms with Crippen molar-refractivity contribution in [3.63, 3.8) is 0 Å². The monoisotopic (exact) mass is 481 g/mol. The number of benzene rings is 1. The van der Waals surface area contributed by atoms with Crippen LogP contribution in [0.25, 0.3) is 0 Å². The lowest BCUT2D eigenvalue weighted by molar-refractivity contribution is -0.121. The summed E-state index contributed by atoms with van der Waals surface area (Å²) in [4.78, 5) is 20.7. The van der Waals surface area contributed by atoms with Gasteiger partial charge in [-0.1, -0.05) is 36.4 Å². The number of aliphatic imine (C=N–C) groups is 1. The molecule has 0 aliphatic carbocycles. The van der Waals surface area contributed by atoms with E-state index in [-0.39, 0.29) is 29.9 Å². The first-order valence-electron chi connectivity index (χ1n) is 9.00. The molecule has 3 N–H and O–H groups in total. The first-order valence-corrected chi connectivity index (χ1v) is 9.00. The minimum absolute atomic E-state index is 0. The molecule has 0 saturated heterocycles. The Bertz CT molecular complexity index is 679. The zero-order valence-corrected chi connectivity index (χ0v) is 18.0. The molecular formula is C20H28IN5O. The average molecular weight is 481 g/mol. The van der Waals surface area contributed by atoms with E-state index in [9.17, 15) is 4.79 Å². The number of carbonyl (C=O) groups is 1. The lowest BCUT2D eigenvalue weighted by Crippen LogP contribution is -2.38. The smallest absolute Gasteiger partial charge is 0.222 e. The van der Waals surface area contributed by atoms with Crippen LogP contribution in [0.4, 0.5) is 0 Å². The average Bonchev–Trinajstić information content (AvgIpc) is 2.68. The van der Waals surface area contributed by atoms with Crippen molar-refractivity contribution in [3.8, 4) is 0 Å². The van der Waals surface area contributed by atoms with Crippen LogP contribution in [0.15, 0.2) is 59.7 Å². The van der Waals surface area contributed by atoms with Crippen molar-refractivity contribution in [1.29, 1.82) is 0 Å². The molecule has 0 fully saturated rings. The largest absolute Gasteiger partial charge is 0.357 e. The van der Waals surface area contributed by atoms with Crippen LogP contribution in [0.1, 0.15) is 24.6 Å². The summed E-state index contributed by atoms with van der Waals surface area (Å²) in [5, 5.41) is 9.37. The van der Waals surface area contributed by atoms with Gasteiger partial charge in [0.15, 0.2) is 5.96 Å². The summed E-state index contributed by atoms with van der Waals surface area (Å²) < 4.78 is 0. The van der Waals surface area contributed by atoms with E-state index in [1.165, 1.54) is 0 Å². The Balaban J connectivity index is 0.00000364. The van der Waals surface area contributed by atoms with E-state index >= 15 is 0 Å². The van der Waals surface area contributed by atoms with E-state index in [4.69, 9.17) is 0 Å². The molecule has 1 aromatic heterocycles. The van der Waals surface area contributed by atoms with E-state index in [0.717, 1.165) is 36.7 Å². The molecule has 1 aromatic carbocycles. The second kappa shape index (κ2) is 14.0. The first-order chi connectivity index (χ1) is 12.8. The molecule has 2 aromatic rings. The maximum Gasteiger partial charge on any atom is 0.222 e. The Morgan fingerprint density at radius 2 is 1.81 bits per heavy atom. The van der Waals surface area contributed by atoms with Gasteiger partial charge in [0, 0.05) is 44.4 Å². The number of guanidine groups is 1. The van der Waals surface area contributed by atoms with Gasteiger partial charge in [-0.25, -0.2) is 0 Å². The minimum atomic E-state index is 0. The van der Waals surface area contributed by atoms with Crippen LogP contribution in [-0.4, -0.2) is 36.5 Å². The highest BCUT2D eigenvalue weighted by molar-refractivity contribution is 14.0. The topological polar surface area (TPSA) is 78.4 Å². The zero-order chi connectivity index (χ0) is 18.5. The highest BCUT2D eigenvalue weighted by Crippen LogP contribution is 1.97. The molecule has 0 radical (unpaired) electrons. The Morgan fingerprint density at radius 3 is 2.52 bits per heavy atom. The Morgan fingerprint density at radius 1 is 1.04 bits per heavy atom. The Hall–Kier alpha value is -2.16. The zero-order valence-electron chi connectivity index (χ0n) is 15.6. The van der Waals surface area contributed by atoms with Crippen LogP contribution >= 0.6 is 24.0 Å². The van der Waals surface area contributed by atoms with Gasteiger partial charge in [-0.2, -0.15) is 0 Å². The van der Waals surface area contributed by atoms with Crippen molar-refractivity contribution >= 4 is 35.8 Å². The third-order valence-electron chi connectivity index (χ3n) is 3.69. The molecule has 146 valence electrons. The highest BCUT2D eigenvalue weighted by Gasteiger charge is 2.02. The highest BCUT2D eigenvalue weighted by atomic mass is 127. The molecule has 0 aliphatic rings. The summed E-state index contributed by atoms with van der Waals surface area (Å²) in [6, 6.07) is 15.8. The van der Waals surface area contributed by atoms with E-state index in [2.05, 4.69) is 25.9 Å². The lowest BCUT2D eigenvalue weighted by Gasteiger charge is -2.11. The number of aromatic nitrogens is 1. The minimum Gasteiger partial charge on any atom is -0.357 e. The lowest BCUT2D eigenvalue weighted by atomic mass is 10.2. The predicted molar refractivity (Wildman–Crippen MR) is 120 cm³/mol. The van der Waals surface area contributed by atoms with Crippen LogP contribution in [0.2, 0.25) is 0 Å². The number of carbonyl (C=O) groups excluding carboxylic acids is 1. The molecule has 0 saturated carbocycles. The predicted octanol–water partition coefficient (Wildman–Crippen LogP) is 2.50. The summed E-state index contributed by atoms with van der Waals surface area (Å²) in [7, 11) is 0. The number of nitrogens with zero attached hydrogens (tertiary/aromatic N) is 2. The summed E-state index contributed by atoms with van der Waals surface area (Å²) >= 11 is 0. The number of amides is 1. The second-order valence-electron chi connectivity index (χ2n) is 5.77. The van der Waals surface area contributed by atoms with Crippen molar-refractivity contribution in [2.24, 2.45) is 4.99 Å². The van der Waals surface area contributed by atoms with E-state index < -0.39 is 0 Å². The SMILES string of the molecule is CCNC(=NCCC(=O)NCc1ccccc1)NCCc1ccccn1.I. The normalized spacial score (nSPS) is 10.6. The third kappa shape index (κ3) is 9.93. The van der Waals surface area contributed by atoms with Gasteiger partial charge in [-0.05, 0) is 24.6 Å². The Labute approximate surface area is 178 Å². The molecule has 1 heterocycles. The molecule has 0 unspecified atom stereocenters. The van der Waals surface area contributed by atoms with Crippen molar-refractivity contribution in [2.75, 3.05) is 19.6 Å². The molecule has 2 rings (SSSR count). The van der Waals surface area contributed by atoms with Crippen LogP contribution in [0.3, 0.4) is 0 Å². The van der Waals surface area contributed by atoms with Crippen LogP contribution < -0.4 is 16.0 Å². The third-order valence-corrected chi connectivity index (χ3v) is 3.69. The van der Waals surface area contributed by atoms with Gasteiger partial charge in [0.1, 0.15) is 0 Å². The standard InChI is InChI=1S/C20H27N5O.HI/c1-2-21-20(23-14-11-18-10-6-7-13-22-18)24-15-12-19(26)25-16-17-8-4-3-5-9-17;/h3-10,13H,2,11-12,14-16H2,1H3,(H,25,26)(H2,21,23,24);1H. The van der Waals surface area contributed by atoms with Crippen molar-refractivity contribution < 1.29 is 4.79 Å². The number of halogens is 1. The quantitative estimate of drug-likeness (QED) is 0.292. The van der Waals surface area contributed by atoms with Crippen LogP contribution in [-0.2, 0) is 17.8 Å². The van der Waals surface area contributed by atoms with Crippen LogP contribution in [0, 0.1) is 0 Å². The van der Waals surface area contributed by atoms with Gasteiger partial charge < -0.3 is 16.0 Å². The van der Waals surface area contributed by atoms with Gasteiger partial charge in [0.05, 0.1) is 6.54 Å². The fourth-order valence-corrected chi connectivity index (χ4v) is 2.35. The molecule has 0 bridgehead atoms. The maximum atomic E-state index is 11.9. The van der Waals surface area contributed by atoms with Gasteiger partial charge in [0.2, 0.25) is 5.91 Å². The number of pyridine rings is 1. The molecule has 0 aliphatic heterocycles. The molecule has 7 heteroatoms. The number of hydrogen-bond acceptors (Lipinski definition) is 3. The fraction of sp³-hybridized carbons (Fsp3) is 0.350. The van der Waals surface area contributed by atoms with Crippen molar-refractivity contribution in [2.45, 2.75) is 26.3 Å². The molecule has 6 nitrogen and oxygen atoms in total. The van der Waals surface area contributed by atoms with E-state index in [0.29, 0.717) is 19.5 Å². The molecule has 0 spiro atoms. The second-order valence-corrected chi connectivity index (χ2v) is 5.77. The van der Waals surface area contributed by atoms with Crippen LogP contribution in [0.5, 0.6) is 0 Å². The number of hydrogen-bond donors (Lipinski definition) is 3. The van der Waals surface area contributed by atoms with E-state index in [1.54, 1.807) is 6.20 Å². The first kappa shape index (κ1) is 22.9. The molecular weight excluding hydrogens is 453 g/mol. The maximum absolute atomic E-state index is 11.9. The van der Waals surface area contributed by atoms with Gasteiger partial charge >= 0.3 is 0 Å². The molecule has 1 amide bonds. The molecule has 27 heavy (non-hydrogen) atoms.